The quantitative estimate of drug-likeness (QED) is 0.523. The van der Waals surface area contributed by atoms with E-state index in [4.69, 9.17) is 4.74 Å². The second-order valence-electron chi connectivity index (χ2n) is 4.31. The molecule has 1 fully saturated rings. The van der Waals surface area contributed by atoms with Gasteiger partial charge in [-0.3, -0.25) is 4.79 Å². The number of amides is 1. The van der Waals surface area contributed by atoms with Crippen molar-refractivity contribution in [1.29, 1.82) is 0 Å². The van der Waals surface area contributed by atoms with Crippen molar-refractivity contribution in [2.45, 2.75) is 44.2 Å². The van der Waals surface area contributed by atoms with E-state index in [2.05, 4.69) is 6.08 Å². The normalized spacial score (nSPS) is 29.6. The van der Waals surface area contributed by atoms with Crippen LogP contribution in [-0.4, -0.2) is 36.0 Å². The molecule has 1 heterocycles. The third-order valence-corrected chi connectivity index (χ3v) is 3.31. The van der Waals surface area contributed by atoms with Gasteiger partial charge in [0, 0.05) is 6.42 Å². The molecule has 0 unspecified atom stereocenters. The van der Waals surface area contributed by atoms with Crippen LogP contribution in [0.1, 0.15) is 32.1 Å². The number of esters is 1. The van der Waals surface area contributed by atoms with E-state index in [1.54, 1.807) is 4.90 Å². The lowest BCUT2D eigenvalue weighted by atomic mass is 10.0. The summed E-state index contributed by atoms with van der Waals surface area (Å²) in [6.07, 6.45) is 8.30. The van der Waals surface area contributed by atoms with Crippen LogP contribution in [0.15, 0.2) is 12.2 Å². The molecule has 1 aliphatic carbocycles. The highest BCUT2D eigenvalue weighted by molar-refractivity contribution is 5.88. The van der Waals surface area contributed by atoms with Crippen molar-refractivity contribution in [1.82, 2.24) is 4.90 Å². The molecule has 88 valence electrons. The maximum absolute atomic E-state index is 11.8. The van der Waals surface area contributed by atoms with Gasteiger partial charge in [0.15, 0.2) is 0 Å². The summed E-state index contributed by atoms with van der Waals surface area (Å²) >= 11 is 0. The Kier molecular flexibility index (Phi) is 3.27. The summed E-state index contributed by atoms with van der Waals surface area (Å²) in [7, 11) is 1.38. The average molecular weight is 223 g/mol. The molecule has 0 aromatic rings. The predicted molar refractivity (Wildman–Crippen MR) is 58.7 cm³/mol. The molecule has 4 nitrogen and oxygen atoms in total. The first-order valence-corrected chi connectivity index (χ1v) is 5.79. The van der Waals surface area contributed by atoms with Gasteiger partial charge in [-0.25, -0.2) is 4.79 Å². The zero-order valence-corrected chi connectivity index (χ0v) is 9.52. The third-order valence-electron chi connectivity index (χ3n) is 3.31. The summed E-state index contributed by atoms with van der Waals surface area (Å²) in [4.78, 5) is 25.1. The molecule has 2 aliphatic rings. The first-order chi connectivity index (χ1) is 7.74. The molecule has 1 amide bonds. The van der Waals surface area contributed by atoms with Crippen molar-refractivity contribution in [3.05, 3.63) is 12.2 Å². The number of carbonyl (C=O) groups excluding carboxylic acids is 2. The molecule has 1 aliphatic heterocycles. The number of allylic oxidation sites excluding steroid dienone is 1. The molecular formula is C12H17NO3. The van der Waals surface area contributed by atoms with Crippen molar-refractivity contribution >= 4 is 11.9 Å². The molecule has 0 radical (unpaired) electrons. The number of methoxy groups -OCH3 is 1. The summed E-state index contributed by atoms with van der Waals surface area (Å²) in [5.74, 6) is -0.211. The standard InChI is InChI=1S/C12H17NO3/c1-16-12(15)10-7-8-11(14)13(10)9-5-3-2-4-6-9/h3,5,9-10H,2,4,6-8H2,1H3/t9-,10+/m1/s1. The number of hydrogen-bond donors (Lipinski definition) is 0. The summed E-state index contributed by atoms with van der Waals surface area (Å²) in [6, 6.07) is -0.280. The Labute approximate surface area is 95.2 Å². The second kappa shape index (κ2) is 4.68. The van der Waals surface area contributed by atoms with Gasteiger partial charge in [0.1, 0.15) is 6.04 Å². The zero-order valence-electron chi connectivity index (χ0n) is 9.52. The smallest absolute Gasteiger partial charge is 0.328 e. The van der Waals surface area contributed by atoms with Gasteiger partial charge in [-0.05, 0) is 25.7 Å². The summed E-state index contributed by atoms with van der Waals surface area (Å²) in [5.41, 5.74) is 0. The van der Waals surface area contributed by atoms with Crippen LogP contribution in [-0.2, 0) is 14.3 Å². The Morgan fingerprint density at radius 1 is 1.50 bits per heavy atom. The Morgan fingerprint density at radius 2 is 2.31 bits per heavy atom. The number of hydrogen-bond acceptors (Lipinski definition) is 3. The first kappa shape index (κ1) is 11.2. The highest BCUT2D eigenvalue weighted by Gasteiger charge is 2.40. The minimum Gasteiger partial charge on any atom is -0.467 e. The zero-order chi connectivity index (χ0) is 11.5. The van der Waals surface area contributed by atoms with E-state index >= 15 is 0 Å². The number of rotatable bonds is 2. The molecule has 0 spiro atoms. The van der Waals surface area contributed by atoms with Gasteiger partial charge in [-0.2, -0.15) is 0 Å². The molecule has 16 heavy (non-hydrogen) atoms. The lowest BCUT2D eigenvalue weighted by Gasteiger charge is -2.31. The molecule has 2 rings (SSSR count). The number of carbonyl (C=O) groups is 2. The van der Waals surface area contributed by atoms with E-state index in [0.717, 1.165) is 19.3 Å². The largest absolute Gasteiger partial charge is 0.467 e. The maximum Gasteiger partial charge on any atom is 0.328 e. The molecule has 0 bridgehead atoms. The van der Waals surface area contributed by atoms with E-state index in [1.165, 1.54) is 7.11 Å². The predicted octanol–water partition coefficient (Wildman–Crippen LogP) is 1.26. The SMILES string of the molecule is COC(=O)[C@@H]1CCC(=O)N1[C@@H]1C=CCCC1. The number of ether oxygens (including phenoxy) is 1. The van der Waals surface area contributed by atoms with Gasteiger partial charge in [-0.1, -0.05) is 12.2 Å². The molecule has 4 heteroatoms. The van der Waals surface area contributed by atoms with Gasteiger partial charge in [0.25, 0.3) is 0 Å². The molecule has 1 saturated heterocycles. The molecule has 0 N–H and O–H groups in total. The molecule has 2 atom stereocenters. The lowest BCUT2D eigenvalue weighted by molar-refractivity contribution is -0.150. The second-order valence-corrected chi connectivity index (χ2v) is 4.31. The lowest BCUT2D eigenvalue weighted by Crippen LogP contribution is -2.45. The van der Waals surface area contributed by atoms with Gasteiger partial charge in [0.2, 0.25) is 5.91 Å². The minimum atomic E-state index is -0.370. The number of likely N-dealkylation sites (tertiary alicyclic amines) is 1. The summed E-state index contributed by atoms with van der Waals surface area (Å²) in [6.45, 7) is 0. The first-order valence-electron chi connectivity index (χ1n) is 5.79. The average Bonchev–Trinajstić information content (AvgIpc) is 2.71. The van der Waals surface area contributed by atoms with Crippen LogP contribution < -0.4 is 0 Å². The van der Waals surface area contributed by atoms with Crippen LogP contribution in [0, 0.1) is 0 Å². The van der Waals surface area contributed by atoms with Crippen molar-refractivity contribution in [3.63, 3.8) is 0 Å². The highest BCUT2D eigenvalue weighted by Crippen LogP contribution is 2.27. The minimum absolute atomic E-state index is 0.0759. The van der Waals surface area contributed by atoms with Crippen LogP contribution in [0.3, 0.4) is 0 Å². The Morgan fingerprint density at radius 3 is 2.94 bits per heavy atom. The monoisotopic (exact) mass is 223 g/mol. The fourth-order valence-electron chi connectivity index (χ4n) is 2.51. The number of nitrogens with zero attached hydrogens (tertiary/aromatic N) is 1. The maximum atomic E-state index is 11.8. The fraction of sp³-hybridized carbons (Fsp3) is 0.667. The van der Waals surface area contributed by atoms with Gasteiger partial charge >= 0.3 is 5.97 Å². The Hall–Kier alpha value is -1.32. The summed E-state index contributed by atoms with van der Waals surface area (Å²) in [5, 5.41) is 0. The Balaban J connectivity index is 2.15. The molecule has 0 aromatic heterocycles. The van der Waals surface area contributed by atoms with Gasteiger partial charge in [-0.15, -0.1) is 0 Å². The fourth-order valence-corrected chi connectivity index (χ4v) is 2.51. The van der Waals surface area contributed by atoms with E-state index in [-0.39, 0.29) is 24.0 Å². The molecular weight excluding hydrogens is 206 g/mol. The van der Waals surface area contributed by atoms with Crippen molar-refractivity contribution in [2.75, 3.05) is 7.11 Å². The Bertz CT molecular complexity index is 324. The molecule has 0 saturated carbocycles. The third kappa shape index (κ3) is 1.96. The van der Waals surface area contributed by atoms with E-state index in [9.17, 15) is 9.59 Å². The van der Waals surface area contributed by atoms with Crippen molar-refractivity contribution in [2.24, 2.45) is 0 Å². The van der Waals surface area contributed by atoms with Crippen LogP contribution >= 0.6 is 0 Å². The van der Waals surface area contributed by atoms with Crippen LogP contribution in [0.5, 0.6) is 0 Å². The van der Waals surface area contributed by atoms with Crippen molar-refractivity contribution < 1.29 is 14.3 Å². The van der Waals surface area contributed by atoms with E-state index in [0.29, 0.717) is 12.8 Å². The molecule has 0 aromatic carbocycles. The van der Waals surface area contributed by atoms with Gasteiger partial charge in [0.05, 0.1) is 13.2 Å². The topological polar surface area (TPSA) is 46.6 Å². The highest BCUT2D eigenvalue weighted by atomic mass is 16.5. The van der Waals surface area contributed by atoms with Crippen LogP contribution in [0.25, 0.3) is 0 Å². The van der Waals surface area contributed by atoms with E-state index < -0.39 is 0 Å². The van der Waals surface area contributed by atoms with E-state index in [1.807, 2.05) is 6.08 Å². The van der Waals surface area contributed by atoms with Gasteiger partial charge < -0.3 is 9.64 Å². The summed E-state index contributed by atoms with van der Waals surface area (Å²) < 4.78 is 4.75. The van der Waals surface area contributed by atoms with Crippen LogP contribution in [0.4, 0.5) is 0 Å². The van der Waals surface area contributed by atoms with Crippen molar-refractivity contribution in [3.8, 4) is 0 Å². The van der Waals surface area contributed by atoms with Crippen LogP contribution in [0.2, 0.25) is 0 Å².